The van der Waals surface area contributed by atoms with Gasteiger partial charge in [0.05, 0.1) is 23.4 Å². The summed E-state index contributed by atoms with van der Waals surface area (Å²) in [6, 6.07) is 13.4. The predicted molar refractivity (Wildman–Crippen MR) is 102 cm³/mol. The first-order valence-electron chi connectivity index (χ1n) is 8.27. The molecule has 0 radical (unpaired) electrons. The van der Waals surface area contributed by atoms with Gasteiger partial charge in [-0.3, -0.25) is 4.79 Å². The van der Waals surface area contributed by atoms with E-state index in [2.05, 4.69) is 10.3 Å². The van der Waals surface area contributed by atoms with Crippen molar-refractivity contribution in [1.29, 1.82) is 0 Å². The molecule has 3 aromatic rings. The van der Waals surface area contributed by atoms with Gasteiger partial charge in [0.2, 0.25) is 5.91 Å². The van der Waals surface area contributed by atoms with Gasteiger partial charge in [0.1, 0.15) is 6.04 Å². The van der Waals surface area contributed by atoms with E-state index in [4.69, 9.17) is 11.6 Å². The van der Waals surface area contributed by atoms with Crippen LogP contribution < -0.4 is 5.32 Å². The smallest absolute Gasteiger partial charge is 0.243 e. The molecule has 2 aromatic carbocycles. The minimum Gasteiger partial charge on any atom is -0.347 e. The Morgan fingerprint density at radius 3 is 3.08 bits per heavy atom. The number of nitrogens with zero attached hydrogens (tertiary/aromatic N) is 2. The SMILES string of the molecule is CC(C(=O)NC1CCSc2ccc(Cl)cc21)n1cnc2ccccc21. The number of hydrogen-bond donors (Lipinski definition) is 1. The lowest BCUT2D eigenvalue weighted by molar-refractivity contribution is -0.124. The molecule has 0 bridgehead atoms. The van der Waals surface area contributed by atoms with Crippen LogP contribution >= 0.6 is 23.4 Å². The Morgan fingerprint density at radius 1 is 1.36 bits per heavy atom. The highest BCUT2D eigenvalue weighted by molar-refractivity contribution is 7.99. The van der Waals surface area contributed by atoms with Gasteiger partial charge >= 0.3 is 0 Å². The van der Waals surface area contributed by atoms with Gasteiger partial charge in [-0.05, 0) is 49.2 Å². The number of hydrogen-bond acceptors (Lipinski definition) is 3. The van der Waals surface area contributed by atoms with Crippen molar-refractivity contribution in [3.63, 3.8) is 0 Å². The molecule has 1 amide bonds. The first-order valence-corrected chi connectivity index (χ1v) is 9.64. The summed E-state index contributed by atoms with van der Waals surface area (Å²) >= 11 is 7.96. The van der Waals surface area contributed by atoms with E-state index in [0.717, 1.165) is 28.8 Å². The molecule has 6 heteroatoms. The zero-order valence-electron chi connectivity index (χ0n) is 13.8. The fourth-order valence-electron chi connectivity index (χ4n) is 3.22. The highest BCUT2D eigenvalue weighted by Gasteiger charge is 2.25. The Hall–Kier alpha value is -1.98. The quantitative estimate of drug-likeness (QED) is 0.731. The number of thioether (sulfide) groups is 1. The number of amides is 1. The second-order valence-electron chi connectivity index (χ2n) is 6.20. The molecule has 25 heavy (non-hydrogen) atoms. The number of imidazole rings is 1. The first-order chi connectivity index (χ1) is 12.1. The first kappa shape index (κ1) is 16.5. The van der Waals surface area contributed by atoms with E-state index in [0.29, 0.717) is 5.02 Å². The van der Waals surface area contributed by atoms with E-state index in [-0.39, 0.29) is 18.0 Å². The van der Waals surface area contributed by atoms with Gasteiger partial charge < -0.3 is 9.88 Å². The van der Waals surface area contributed by atoms with Gasteiger partial charge in [0, 0.05) is 15.7 Å². The number of carbonyl (C=O) groups excluding carboxylic acids is 1. The molecule has 1 aliphatic rings. The third-order valence-electron chi connectivity index (χ3n) is 4.61. The number of aromatic nitrogens is 2. The van der Waals surface area contributed by atoms with Crippen molar-refractivity contribution in [2.45, 2.75) is 30.3 Å². The molecule has 0 fully saturated rings. The Morgan fingerprint density at radius 2 is 2.20 bits per heavy atom. The van der Waals surface area contributed by atoms with Crippen molar-refractivity contribution in [2.24, 2.45) is 0 Å². The molecule has 0 aliphatic carbocycles. The van der Waals surface area contributed by atoms with Crippen LogP contribution in [-0.2, 0) is 4.79 Å². The summed E-state index contributed by atoms with van der Waals surface area (Å²) in [5, 5.41) is 3.90. The maximum Gasteiger partial charge on any atom is 0.243 e. The van der Waals surface area contributed by atoms with E-state index >= 15 is 0 Å². The van der Waals surface area contributed by atoms with Crippen LogP contribution in [-0.4, -0.2) is 21.2 Å². The average Bonchev–Trinajstić information content (AvgIpc) is 3.05. The number of benzene rings is 2. The zero-order valence-corrected chi connectivity index (χ0v) is 15.3. The molecule has 2 unspecified atom stereocenters. The van der Waals surface area contributed by atoms with Crippen LogP contribution in [0, 0.1) is 0 Å². The summed E-state index contributed by atoms with van der Waals surface area (Å²) in [7, 11) is 0. The number of carbonyl (C=O) groups is 1. The van der Waals surface area contributed by atoms with E-state index in [1.807, 2.05) is 65.7 Å². The van der Waals surface area contributed by atoms with Crippen LogP contribution in [0.2, 0.25) is 5.02 Å². The number of halogens is 1. The normalized spacial score (nSPS) is 17.9. The molecule has 0 saturated heterocycles. The molecular formula is C19H18ClN3OS. The molecular weight excluding hydrogens is 354 g/mol. The Labute approximate surface area is 155 Å². The maximum absolute atomic E-state index is 12.8. The van der Waals surface area contributed by atoms with Crippen molar-refractivity contribution in [3.8, 4) is 0 Å². The third kappa shape index (κ3) is 3.14. The van der Waals surface area contributed by atoms with Crippen LogP contribution in [0.3, 0.4) is 0 Å². The fraction of sp³-hybridized carbons (Fsp3) is 0.263. The van der Waals surface area contributed by atoms with Crippen LogP contribution in [0.15, 0.2) is 53.7 Å². The Bertz CT molecular complexity index is 939. The second-order valence-corrected chi connectivity index (χ2v) is 7.77. The maximum atomic E-state index is 12.8. The van der Waals surface area contributed by atoms with Crippen LogP contribution in [0.25, 0.3) is 11.0 Å². The lowest BCUT2D eigenvalue weighted by Crippen LogP contribution is -2.35. The van der Waals surface area contributed by atoms with Crippen LogP contribution in [0.4, 0.5) is 0 Å². The monoisotopic (exact) mass is 371 g/mol. The largest absolute Gasteiger partial charge is 0.347 e. The lowest BCUT2D eigenvalue weighted by atomic mass is 10.0. The third-order valence-corrected chi connectivity index (χ3v) is 5.96. The highest BCUT2D eigenvalue weighted by atomic mass is 35.5. The number of nitrogens with one attached hydrogen (secondary N) is 1. The van der Waals surface area contributed by atoms with Gasteiger partial charge in [0.15, 0.2) is 0 Å². The van der Waals surface area contributed by atoms with Crippen LogP contribution in [0.1, 0.15) is 31.0 Å². The van der Waals surface area contributed by atoms with E-state index in [9.17, 15) is 4.79 Å². The predicted octanol–water partition coefficient (Wildman–Crippen LogP) is 4.60. The highest BCUT2D eigenvalue weighted by Crippen LogP contribution is 2.37. The summed E-state index contributed by atoms with van der Waals surface area (Å²) in [5.41, 5.74) is 2.97. The fourth-order valence-corrected chi connectivity index (χ4v) is 4.51. The standard InChI is InChI=1S/C19H18ClN3OS/c1-12(23-11-21-16-4-2-3-5-17(16)23)19(24)22-15-8-9-25-18-7-6-13(20)10-14(15)18/h2-7,10-12,15H,8-9H2,1H3,(H,22,24). The summed E-state index contributed by atoms with van der Waals surface area (Å²) in [4.78, 5) is 18.4. The Balaban J connectivity index is 1.58. The lowest BCUT2D eigenvalue weighted by Gasteiger charge is -2.27. The summed E-state index contributed by atoms with van der Waals surface area (Å²) in [6.07, 6.45) is 2.64. The number of rotatable bonds is 3. The van der Waals surface area contributed by atoms with Gasteiger partial charge in [0.25, 0.3) is 0 Å². The van der Waals surface area contributed by atoms with Crippen molar-refractivity contribution < 1.29 is 4.79 Å². The molecule has 4 rings (SSSR count). The van der Waals surface area contributed by atoms with E-state index in [1.54, 1.807) is 6.33 Å². The average molecular weight is 372 g/mol. The molecule has 0 saturated carbocycles. The topological polar surface area (TPSA) is 46.9 Å². The van der Waals surface area contributed by atoms with E-state index in [1.165, 1.54) is 4.90 Å². The number of fused-ring (bicyclic) bond motifs is 2. The molecule has 2 heterocycles. The molecule has 1 aliphatic heterocycles. The molecule has 2 atom stereocenters. The second kappa shape index (κ2) is 6.73. The summed E-state index contributed by atoms with van der Waals surface area (Å²) in [6.45, 7) is 1.90. The molecule has 4 nitrogen and oxygen atoms in total. The number of para-hydroxylation sites is 2. The molecule has 0 spiro atoms. The molecule has 1 aromatic heterocycles. The minimum atomic E-state index is -0.329. The van der Waals surface area contributed by atoms with Gasteiger partial charge in [-0.25, -0.2) is 4.98 Å². The molecule has 128 valence electrons. The van der Waals surface area contributed by atoms with Crippen molar-refractivity contribution in [1.82, 2.24) is 14.9 Å². The van der Waals surface area contributed by atoms with Crippen molar-refractivity contribution >= 4 is 40.3 Å². The summed E-state index contributed by atoms with van der Waals surface area (Å²) < 4.78 is 1.92. The van der Waals surface area contributed by atoms with Crippen LogP contribution in [0.5, 0.6) is 0 Å². The van der Waals surface area contributed by atoms with Gasteiger partial charge in [-0.1, -0.05) is 23.7 Å². The minimum absolute atomic E-state index is 0.000291. The summed E-state index contributed by atoms with van der Waals surface area (Å²) in [5.74, 6) is 0.980. The molecule has 1 N–H and O–H groups in total. The van der Waals surface area contributed by atoms with E-state index < -0.39 is 0 Å². The van der Waals surface area contributed by atoms with Gasteiger partial charge in [-0.2, -0.15) is 0 Å². The van der Waals surface area contributed by atoms with Crippen molar-refractivity contribution in [3.05, 3.63) is 59.4 Å². The zero-order chi connectivity index (χ0) is 17.4. The Kier molecular flexibility index (Phi) is 4.44. The van der Waals surface area contributed by atoms with Crippen molar-refractivity contribution in [2.75, 3.05) is 5.75 Å². The van der Waals surface area contributed by atoms with Gasteiger partial charge in [-0.15, -0.1) is 11.8 Å².